The summed E-state index contributed by atoms with van der Waals surface area (Å²) >= 11 is 5.08. The first-order chi connectivity index (χ1) is 9.61. The Morgan fingerprint density at radius 3 is 2.85 bits per heavy atom. The molecule has 3 N–H and O–H groups in total. The predicted octanol–water partition coefficient (Wildman–Crippen LogP) is 3.07. The standard InChI is InChI=1S/C14H15BrN2O2S/c1-19-11-4-2-3-10(13(11)16)14(18)17-8-7-9-5-6-12(15)20-9/h2-6H,7-8,16H2,1H3,(H,17,18). The molecule has 0 atom stereocenters. The summed E-state index contributed by atoms with van der Waals surface area (Å²) in [7, 11) is 1.53. The number of amides is 1. The largest absolute Gasteiger partial charge is 0.495 e. The molecule has 2 aromatic rings. The highest BCUT2D eigenvalue weighted by atomic mass is 79.9. The third-order valence-electron chi connectivity index (χ3n) is 2.82. The van der Waals surface area contributed by atoms with Crippen molar-refractivity contribution in [2.24, 2.45) is 0 Å². The molecule has 0 aliphatic rings. The number of para-hydroxylation sites is 1. The zero-order valence-electron chi connectivity index (χ0n) is 11.0. The molecule has 0 saturated heterocycles. The third-order valence-corrected chi connectivity index (χ3v) is 4.50. The second-order valence-electron chi connectivity index (χ2n) is 4.13. The van der Waals surface area contributed by atoms with Gasteiger partial charge in [0.15, 0.2) is 0 Å². The summed E-state index contributed by atoms with van der Waals surface area (Å²) in [5, 5.41) is 2.87. The molecule has 0 saturated carbocycles. The maximum atomic E-state index is 12.1. The van der Waals surface area contributed by atoms with Crippen molar-refractivity contribution in [1.82, 2.24) is 5.32 Å². The quantitative estimate of drug-likeness (QED) is 0.811. The molecule has 0 fully saturated rings. The summed E-state index contributed by atoms with van der Waals surface area (Å²) in [6, 6.07) is 9.22. The number of thiophene rings is 1. The van der Waals surface area contributed by atoms with E-state index < -0.39 is 0 Å². The third kappa shape index (κ3) is 3.52. The van der Waals surface area contributed by atoms with Crippen LogP contribution >= 0.6 is 27.3 Å². The lowest BCUT2D eigenvalue weighted by Crippen LogP contribution is -2.26. The second-order valence-corrected chi connectivity index (χ2v) is 6.68. The monoisotopic (exact) mass is 354 g/mol. The van der Waals surface area contributed by atoms with Gasteiger partial charge < -0.3 is 15.8 Å². The van der Waals surface area contributed by atoms with E-state index in [9.17, 15) is 4.79 Å². The van der Waals surface area contributed by atoms with Crippen molar-refractivity contribution in [3.05, 3.63) is 44.6 Å². The van der Waals surface area contributed by atoms with Gasteiger partial charge in [-0.1, -0.05) is 6.07 Å². The number of anilines is 1. The van der Waals surface area contributed by atoms with Crippen LogP contribution in [-0.2, 0) is 6.42 Å². The van der Waals surface area contributed by atoms with Crippen LogP contribution in [0.15, 0.2) is 34.1 Å². The second kappa shape index (κ2) is 6.76. The van der Waals surface area contributed by atoms with E-state index >= 15 is 0 Å². The molecule has 0 radical (unpaired) electrons. The number of benzene rings is 1. The molecule has 0 aliphatic carbocycles. The summed E-state index contributed by atoms with van der Waals surface area (Å²) < 4.78 is 6.20. The van der Waals surface area contributed by atoms with Crippen molar-refractivity contribution in [3.63, 3.8) is 0 Å². The molecular weight excluding hydrogens is 340 g/mol. The fourth-order valence-corrected chi connectivity index (χ4v) is 3.28. The number of nitrogens with two attached hydrogens (primary N) is 1. The Hall–Kier alpha value is -1.53. The number of carbonyl (C=O) groups is 1. The van der Waals surface area contributed by atoms with Gasteiger partial charge in [-0.3, -0.25) is 4.79 Å². The van der Waals surface area contributed by atoms with Gasteiger partial charge >= 0.3 is 0 Å². The number of methoxy groups -OCH3 is 1. The highest BCUT2D eigenvalue weighted by Crippen LogP contribution is 2.25. The van der Waals surface area contributed by atoms with Gasteiger partial charge in [0.1, 0.15) is 5.75 Å². The Labute approximate surface area is 130 Å². The first kappa shape index (κ1) is 14.9. The van der Waals surface area contributed by atoms with Gasteiger partial charge in [-0.25, -0.2) is 0 Å². The van der Waals surface area contributed by atoms with Gasteiger partial charge in [0.2, 0.25) is 0 Å². The Kier molecular flexibility index (Phi) is 5.03. The van der Waals surface area contributed by atoms with Crippen molar-refractivity contribution in [3.8, 4) is 5.75 Å². The van der Waals surface area contributed by atoms with Crippen LogP contribution in [0.4, 0.5) is 5.69 Å². The van der Waals surface area contributed by atoms with Gasteiger partial charge in [0.25, 0.3) is 5.91 Å². The van der Waals surface area contributed by atoms with Crippen molar-refractivity contribution < 1.29 is 9.53 Å². The number of nitrogens with one attached hydrogen (secondary N) is 1. The number of nitrogen functional groups attached to an aromatic ring is 1. The van der Waals surface area contributed by atoms with E-state index in [0.717, 1.165) is 10.2 Å². The Morgan fingerprint density at radius 2 is 2.20 bits per heavy atom. The number of ether oxygens (including phenoxy) is 1. The van der Waals surface area contributed by atoms with Gasteiger partial charge in [0.05, 0.1) is 22.1 Å². The molecule has 1 heterocycles. The topological polar surface area (TPSA) is 64.3 Å². The van der Waals surface area contributed by atoms with Gasteiger partial charge in [0, 0.05) is 11.4 Å². The van der Waals surface area contributed by atoms with Crippen LogP contribution in [0.3, 0.4) is 0 Å². The van der Waals surface area contributed by atoms with Crippen LogP contribution in [0.5, 0.6) is 5.75 Å². The molecule has 20 heavy (non-hydrogen) atoms. The molecule has 6 heteroatoms. The van der Waals surface area contributed by atoms with Crippen LogP contribution in [0.25, 0.3) is 0 Å². The van der Waals surface area contributed by atoms with Crippen molar-refractivity contribution in [2.75, 3.05) is 19.4 Å². The molecule has 1 aromatic carbocycles. The summed E-state index contributed by atoms with van der Waals surface area (Å²) in [5.41, 5.74) is 6.70. The molecule has 0 unspecified atom stereocenters. The normalized spacial score (nSPS) is 10.3. The van der Waals surface area contributed by atoms with E-state index in [4.69, 9.17) is 10.5 Å². The molecule has 0 spiro atoms. The highest BCUT2D eigenvalue weighted by Gasteiger charge is 2.12. The fourth-order valence-electron chi connectivity index (χ4n) is 1.80. The summed E-state index contributed by atoms with van der Waals surface area (Å²) in [4.78, 5) is 13.3. The lowest BCUT2D eigenvalue weighted by atomic mass is 10.1. The minimum atomic E-state index is -0.183. The molecule has 106 valence electrons. The van der Waals surface area contributed by atoms with E-state index in [1.54, 1.807) is 29.5 Å². The average molecular weight is 355 g/mol. The maximum Gasteiger partial charge on any atom is 0.253 e. The molecule has 1 aromatic heterocycles. The van der Waals surface area contributed by atoms with Crippen molar-refractivity contribution in [1.29, 1.82) is 0 Å². The lowest BCUT2D eigenvalue weighted by Gasteiger charge is -2.10. The van der Waals surface area contributed by atoms with Crippen LogP contribution in [0.1, 0.15) is 15.2 Å². The zero-order chi connectivity index (χ0) is 14.5. The predicted molar refractivity (Wildman–Crippen MR) is 85.5 cm³/mol. The van der Waals surface area contributed by atoms with Crippen LogP contribution in [-0.4, -0.2) is 19.6 Å². The van der Waals surface area contributed by atoms with Crippen LogP contribution < -0.4 is 15.8 Å². The van der Waals surface area contributed by atoms with Gasteiger partial charge in [-0.2, -0.15) is 0 Å². The number of hydrogen-bond acceptors (Lipinski definition) is 4. The smallest absolute Gasteiger partial charge is 0.253 e. The van der Waals surface area contributed by atoms with Crippen molar-refractivity contribution in [2.45, 2.75) is 6.42 Å². The zero-order valence-corrected chi connectivity index (χ0v) is 13.4. The Morgan fingerprint density at radius 1 is 1.40 bits per heavy atom. The van der Waals surface area contributed by atoms with E-state index in [1.165, 1.54) is 12.0 Å². The van der Waals surface area contributed by atoms with E-state index in [-0.39, 0.29) is 5.91 Å². The first-order valence-electron chi connectivity index (χ1n) is 6.06. The molecule has 0 aliphatic heterocycles. The van der Waals surface area contributed by atoms with Gasteiger partial charge in [-0.15, -0.1) is 11.3 Å². The molecule has 1 amide bonds. The molecule has 4 nitrogen and oxygen atoms in total. The fraction of sp³-hybridized carbons (Fsp3) is 0.214. The van der Waals surface area contributed by atoms with E-state index in [1.807, 2.05) is 12.1 Å². The SMILES string of the molecule is COc1cccc(C(=O)NCCc2ccc(Br)s2)c1N. The average Bonchev–Trinajstić information content (AvgIpc) is 2.84. The summed E-state index contributed by atoms with van der Waals surface area (Å²) in [5.74, 6) is 0.330. The number of rotatable bonds is 5. The first-order valence-corrected chi connectivity index (χ1v) is 7.67. The molecular formula is C14H15BrN2O2S. The number of halogens is 1. The van der Waals surface area contributed by atoms with Gasteiger partial charge in [-0.05, 0) is 46.6 Å². The number of carbonyl (C=O) groups excluding carboxylic acids is 1. The Bertz CT molecular complexity index is 613. The van der Waals surface area contributed by atoms with Crippen LogP contribution in [0, 0.1) is 0 Å². The van der Waals surface area contributed by atoms with E-state index in [0.29, 0.717) is 23.5 Å². The molecule has 2 rings (SSSR count). The minimum absolute atomic E-state index is 0.183. The summed E-state index contributed by atoms with van der Waals surface area (Å²) in [6.45, 7) is 0.572. The van der Waals surface area contributed by atoms with Crippen molar-refractivity contribution >= 4 is 38.9 Å². The lowest BCUT2D eigenvalue weighted by molar-refractivity contribution is 0.0955. The highest BCUT2D eigenvalue weighted by molar-refractivity contribution is 9.11. The molecule has 0 bridgehead atoms. The number of hydrogen-bond donors (Lipinski definition) is 2. The Balaban J connectivity index is 1.95. The van der Waals surface area contributed by atoms with Crippen LogP contribution in [0.2, 0.25) is 0 Å². The minimum Gasteiger partial charge on any atom is -0.495 e. The van der Waals surface area contributed by atoms with E-state index in [2.05, 4.69) is 21.2 Å². The maximum absolute atomic E-state index is 12.1. The summed E-state index contributed by atoms with van der Waals surface area (Å²) in [6.07, 6.45) is 0.797.